The van der Waals surface area contributed by atoms with Crippen molar-refractivity contribution in [2.75, 3.05) is 50.0 Å². The molecule has 5 heterocycles. The van der Waals surface area contributed by atoms with Crippen molar-refractivity contribution in [3.63, 3.8) is 0 Å². The molecule has 0 radical (unpaired) electrons. The molecule has 10 heteroatoms. The topological polar surface area (TPSA) is 75.0 Å². The molecule has 1 fully saturated rings. The Morgan fingerprint density at radius 1 is 0.972 bits per heavy atom. The number of aromatic nitrogens is 5. The summed E-state index contributed by atoms with van der Waals surface area (Å²) in [6.45, 7) is 4.61. The van der Waals surface area contributed by atoms with Gasteiger partial charge in [0.2, 0.25) is 0 Å². The minimum atomic E-state index is -0.932. The summed E-state index contributed by atoms with van der Waals surface area (Å²) in [5.74, 6) is 0.176. The minimum Gasteiger partial charge on any atom is -0.369 e. The molecule has 1 unspecified atom stereocenters. The van der Waals surface area contributed by atoms with Gasteiger partial charge in [-0.2, -0.15) is 0 Å². The SMILES string of the molecule is CN1CCCN(c2ccc(-c3cnc4c(c3)C(c3nncn3-c3cccc(F)c3F)CN4)cn2)CC1. The van der Waals surface area contributed by atoms with Crippen LogP contribution in [0.1, 0.15) is 23.7 Å². The molecule has 1 aromatic carbocycles. The molecule has 0 bridgehead atoms. The summed E-state index contributed by atoms with van der Waals surface area (Å²) in [6.07, 6.45) is 6.23. The summed E-state index contributed by atoms with van der Waals surface area (Å²) < 4.78 is 29.9. The number of halogens is 2. The molecule has 2 aliphatic heterocycles. The maximum absolute atomic E-state index is 14.5. The van der Waals surface area contributed by atoms with Crippen LogP contribution >= 0.6 is 0 Å². The van der Waals surface area contributed by atoms with E-state index in [1.807, 2.05) is 12.4 Å². The quantitative estimate of drug-likeness (QED) is 0.470. The van der Waals surface area contributed by atoms with Crippen LogP contribution in [0.2, 0.25) is 0 Å². The molecule has 2 aliphatic rings. The lowest BCUT2D eigenvalue weighted by Gasteiger charge is -2.21. The Hall–Kier alpha value is -3.92. The van der Waals surface area contributed by atoms with Crippen molar-refractivity contribution in [2.24, 2.45) is 0 Å². The molecule has 0 spiro atoms. The van der Waals surface area contributed by atoms with Crippen LogP contribution in [0, 0.1) is 11.6 Å². The highest BCUT2D eigenvalue weighted by atomic mass is 19.2. The van der Waals surface area contributed by atoms with Crippen LogP contribution < -0.4 is 10.2 Å². The van der Waals surface area contributed by atoms with Gasteiger partial charge in [-0.3, -0.25) is 4.57 Å². The van der Waals surface area contributed by atoms with Crippen LogP contribution in [-0.2, 0) is 0 Å². The van der Waals surface area contributed by atoms with Crippen LogP contribution in [0.25, 0.3) is 16.8 Å². The lowest BCUT2D eigenvalue weighted by Crippen LogP contribution is -2.29. The largest absolute Gasteiger partial charge is 0.369 e. The Morgan fingerprint density at radius 2 is 1.86 bits per heavy atom. The standard InChI is InChI=1S/C26H26F2N8/c1-34-8-3-9-35(11-10-34)23-7-6-17(13-29-23)18-12-19-20(15-31-25(19)30-14-18)26-33-32-16-36(26)22-5-2-4-21(27)24(22)28/h2,4-7,12-14,16,20H,3,8-11,15H2,1H3,(H,30,31). The van der Waals surface area contributed by atoms with Gasteiger partial charge in [-0.05, 0) is 50.3 Å². The molecule has 4 aromatic rings. The van der Waals surface area contributed by atoms with Gasteiger partial charge in [0.15, 0.2) is 11.6 Å². The van der Waals surface area contributed by atoms with Crippen molar-refractivity contribution in [1.29, 1.82) is 0 Å². The van der Waals surface area contributed by atoms with E-state index in [2.05, 4.69) is 55.5 Å². The number of fused-ring (bicyclic) bond motifs is 1. The fourth-order valence-corrected chi connectivity index (χ4v) is 4.96. The Morgan fingerprint density at radius 3 is 2.72 bits per heavy atom. The maximum Gasteiger partial charge on any atom is 0.182 e. The van der Waals surface area contributed by atoms with E-state index in [-0.39, 0.29) is 11.6 Å². The van der Waals surface area contributed by atoms with Crippen LogP contribution in [0.4, 0.5) is 20.4 Å². The zero-order valence-corrected chi connectivity index (χ0v) is 19.9. The van der Waals surface area contributed by atoms with E-state index >= 15 is 0 Å². The van der Waals surface area contributed by atoms with Gasteiger partial charge in [0, 0.05) is 55.3 Å². The second kappa shape index (κ2) is 9.27. The molecule has 0 amide bonds. The first-order valence-electron chi connectivity index (χ1n) is 12.1. The number of benzene rings is 1. The minimum absolute atomic E-state index is 0.0760. The Kier molecular flexibility index (Phi) is 5.80. The Bertz CT molecular complexity index is 1390. The van der Waals surface area contributed by atoms with Crippen molar-refractivity contribution in [3.8, 4) is 16.8 Å². The molecule has 8 nitrogen and oxygen atoms in total. The maximum atomic E-state index is 14.5. The van der Waals surface area contributed by atoms with E-state index in [4.69, 9.17) is 4.98 Å². The molecule has 1 saturated heterocycles. The summed E-state index contributed by atoms with van der Waals surface area (Å²) in [5, 5.41) is 11.5. The van der Waals surface area contributed by atoms with Gasteiger partial charge < -0.3 is 15.1 Å². The molecule has 0 aliphatic carbocycles. The molecule has 0 saturated carbocycles. The van der Waals surface area contributed by atoms with Crippen molar-refractivity contribution in [2.45, 2.75) is 12.3 Å². The zero-order chi connectivity index (χ0) is 24.6. The molecule has 6 rings (SSSR count). The number of nitrogens with zero attached hydrogens (tertiary/aromatic N) is 7. The van der Waals surface area contributed by atoms with E-state index < -0.39 is 11.6 Å². The second-order valence-electron chi connectivity index (χ2n) is 9.28. The molecule has 1 N–H and O–H groups in total. The first-order valence-corrected chi connectivity index (χ1v) is 12.1. The lowest BCUT2D eigenvalue weighted by molar-refractivity contribution is 0.360. The summed E-state index contributed by atoms with van der Waals surface area (Å²) >= 11 is 0. The highest BCUT2D eigenvalue weighted by Crippen LogP contribution is 2.37. The monoisotopic (exact) mass is 488 g/mol. The molecule has 36 heavy (non-hydrogen) atoms. The predicted octanol–water partition coefficient (Wildman–Crippen LogP) is 3.70. The van der Waals surface area contributed by atoms with E-state index in [0.717, 1.165) is 67.0 Å². The lowest BCUT2D eigenvalue weighted by atomic mass is 9.98. The van der Waals surface area contributed by atoms with Gasteiger partial charge >= 0.3 is 0 Å². The highest BCUT2D eigenvalue weighted by molar-refractivity contribution is 5.68. The molecular weight excluding hydrogens is 462 g/mol. The van der Waals surface area contributed by atoms with Gasteiger partial charge in [-0.25, -0.2) is 18.7 Å². The highest BCUT2D eigenvalue weighted by Gasteiger charge is 2.30. The smallest absolute Gasteiger partial charge is 0.182 e. The van der Waals surface area contributed by atoms with Crippen LogP contribution in [-0.4, -0.2) is 69.4 Å². The fourth-order valence-electron chi connectivity index (χ4n) is 4.96. The third-order valence-electron chi connectivity index (χ3n) is 6.97. The van der Waals surface area contributed by atoms with Crippen LogP contribution in [0.3, 0.4) is 0 Å². The van der Waals surface area contributed by atoms with Crippen molar-refractivity contribution in [1.82, 2.24) is 29.6 Å². The van der Waals surface area contributed by atoms with Gasteiger partial charge in [-0.15, -0.1) is 10.2 Å². The Balaban J connectivity index is 1.29. The second-order valence-corrected chi connectivity index (χ2v) is 9.28. The summed E-state index contributed by atoms with van der Waals surface area (Å²) in [5.41, 5.74) is 2.90. The number of hydrogen-bond acceptors (Lipinski definition) is 7. The van der Waals surface area contributed by atoms with Gasteiger partial charge in [0.05, 0.1) is 11.6 Å². The summed E-state index contributed by atoms with van der Waals surface area (Å²) in [6, 6.07) is 10.3. The average molecular weight is 489 g/mol. The van der Waals surface area contributed by atoms with Gasteiger partial charge in [0.1, 0.15) is 23.8 Å². The van der Waals surface area contributed by atoms with Crippen LogP contribution in [0.15, 0.2) is 55.1 Å². The van der Waals surface area contributed by atoms with Crippen molar-refractivity contribution in [3.05, 3.63) is 78.1 Å². The number of anilines is 2. The number of hydrogen-bond donors (Lipinski definition) is 1. The van der Waals surface area contributed by atoms with E-state index in [0.29, 0.717) is 12.4 Å². The summed E-state index contributed by atoms with van der Waals surface area (Å²) in [7, 11) is 2.15. The first kappa shape index (κ1) is 22.5. The normalized spacial score (nSPS) is 18.1. The number of likely N-dealkylation sites (N-methyl/N-ethyl adjacent to an activating group) is 1. The molecule has 184 valence electrons. The fraction of sp³-hybridized carbons (Fsp3) is 0.308. The number of rotatable bonds is 4. The molecule has 3 aromatic heterocycles. The van der Waals surface area contributed by atoms with Crippen molar-refractivity contribution < 1.29 is 8.78 Å². The van der Waals surface area contributed by atoms with Crippen molar-refractivity contribution >= 4 is 11.6 Å². The zero-order valence-electron chi connectivity index (χ0n) is 19.9. The predicted molar refractivity (Wildman–Crippen MR) is 133 cm³/mol. The van der Waals surface area contributed by atoms with Gasteiger partial charge in [0.25, 0.3) is 0 Å². The Labute approximate surface area is 207 Å². The molecule has 1 atom stereocenters. The average Bonchev–Trinajstić information content (AvgIpc) is 3.48. The first-order chi connectivity index (χ1) is 17.6. The van der Waals surface area contributed by atoms with Gasteiger partial charge in [-0.1, -0.05) is 6.07 Å². The third kappa shape index (κ3) is 4.07. The van der Waals surface area contributed by atoms with E-state index in [1.54, 1.807) is 0 Å². The van der Waals surface area contributed by atoms with Crippen LogP contribution in [0.5, 0.6) is 0 Å². The third-order valence-corrected chi connectivity index (χ3v) is 6.97. The summed E-state index contributed by atoms with van der Waals surface area (Å²) in [4.78, 5) is 14.0. The molecular formula is C26H26F2N8. The number of nitrogens with one attached hydrogen (secondary N) is 1. The number of pyridine rings is 2. The van der Waals surface area contributed by atoms with E-state index in [1.165, 1.54) is 23.0 Å². The van der Waals surface area contributed by atoms with E-state index in [9.17, 15) is 8.78 Å².